The van der Waals surface area contributed by atoms with Gasteiger partial charge in [-0.2, -0.15) is 0 Å². The summed E-state index contributed by atoms with van der Waals surface area (Å²) >= 11 is 5.34. The summed E-state index contributed by atoms with van der Waals surface area (Å²) < 4.78 is 4.78. The Morgan fingerprint density at radius 3 is 0.970 bits per heavy atom. The van der Waals surface area contributed by atoms with Crippen molar-refractivity contribution in [2.24, 2.45) is 0 Å². The number of ether oxygens (including phenoxy) is 1. The van der Waals surface area contributed by atoms with Gasteiger partial charge in [0, 0.05) is 139 Å². The van der Waals surface area contributed by atoms with Crippen LogP contribution in [0.3, 0.4) is 0 Å². The lowest BCUT2D eigenvalue weighted by atomic mass is 10.2. The van der Waals surface area contributed by atoms with Gasteiger partial charge in [0.1, 0.15) is 6.61 Å². The van der Waals surface area contributed by atoms with E-state index in [-0.39, 0.29) is 310 Å². The molecule has 0 rings (SSSR count). The van der Waals surface area contributed by atoms with Gasteiger partial charge in [0.2, 0.25) is 11.8 Å². The van der Waals surface area contributed by atoms with E-state index < -0.39 is 6.09 Å². The van der Waals surface area contributed by atoms with Gasteiger partial charge < -0.3 is 30.9 Å². The fourth-order valence-electron chi connectivity index (χ4n) is 4.23. The zero-order valence-electron chi connectivity index (χ0n) is 51.0. The molecular weight excluding hydrogens is 1410 g/mol. The van der Waals surface area contributed by atoms with E-state index in [4.69, 9.17) is 16.3 Å². The molecule has 0 fully saturated rings. The molecule has 624 valence electrons. The highest BCUT2D eigenvalue weighted by Gasteiger charge is 2.07. The van der Waals surface area contributed by atoms with Crippen molar-refractivity contribution >= 4 is 146 Å². The van der Waals surface area contributed by atoms with Crippen molar-refractivity contribution in [1.29, 1.82) is 0 Å². The summed E-state index contributed by atoms with van der Waals surface area (Å²) in [6, 6.07) is 3.22. The van der Waals surface area contributed by atoms with E-state index in [9.17, 15) is 47.9 Å². The maximum absolute atomic E-state index is 11.1. The second-order valence-corrected chi connectivity index (χ2v) is 30.0. The highest BCUT2D eigenvalue weighted by Crippen LogP contribution is 2.04. The zero-order valence-corrected chi connectivity index (χ0v) is 63.0. The number of nitrogens with zero attached hydrogens (tertiary/aromatic N) is 1. The Morgan fingerprint density at radius 2 is 0.720 bits per heavy atom. The molecule has 0 unspecified atom stereocenters. The molecule has 0 spiro atoms. The summed E-state index contributed by atoms with van der Waals surface area (Å²) in [6.07, 6.45) is 6.81. The van der Waals surface area contributed by atoms with Crippen LogP contribution < -0.4 is 21.3 Å². The molecule has 4 N–H and O–H groups in total. The Hall–Kier alpha value is -4.55. The fourth-order valence-corrected chi connectivity index (χ4v) is 9.75. The van der Waals surface area contributed by atoms with Crippen LogP contribution in [0.2, 0.25) is 76.6 Å². The number of urea groups is 1. The van der Waals surface area contributed by atoms with Crippen molar-refractivity contribution in [3.8, 4) is 0 Å². The predicted molar refractivity (Wildman–Crippen MR) is 507 cm³/mol. The maximum atomic E-state index is 11.1. The smallest absolute Gasteiger partial charge is 0.406 e. The topological polar surface area (TPSA) is 231 Å². The molecule has 0 aromatic rings. The number of carbonyl (C=O) groups is 10. The van der Waals surface area contributed by atoms with E-state index >= 15 is 0 Å². The first-order valence-corrected chi connectivity index (χ1v) is 46.6. The van der Waals surface area contributed by atoms with Gasteiger partial charge in [0.25, 0.3) is 0 Å². The SMILES string of the molecule is C.C.C.C.C.C.C.C.C.C.C.C.C.C.C.C.C.C.C.C.C.C.C=C(C)C(=O)CCNC(=O)NC[SiH2]C.C=C(C)C(=O)CCOC(=O)NC[SiH2]C.C=C(C)C(=O)C[SiH2]C.C=C(C)C(=O)C[SiH2]C.C=C(C)C(=O)NC[SiH2]C.C=C(Cl)C(=O)CC[SiH2]C.C=CC(=O)C[SiH2]C.C=CC(=O)N(C)C[SiH2]C. The molecule has 0 aliphatic carbocycles. The number of alkyl carbamates (subject to hydrolysis) is 1. The molecule has 0 bridgehead atoms. The van der Waals surface area contributed by atoms with Gasteiger partial charge in [-0.1, -0.05) is 286 Å². The molecule has 0 aromatic heterocycles. The lowest BCUT2D eigenvalue weighted by Crippen LogP contribution is -2.38. The van der Waals surface area contributed by atoms with Crippen LogP contribution in [-0.2, 0) is 43.1 Å². The van der Waals surface area contributed by atoms with Crippen LogP contribution in [0.15, 0.2) is 97.7 Å². The predicted octanol–water partition coefficient (Wildman–Crippen LogP) is 17.3. The summed E-state index contributed by atoms with van der Waals surface area (Å²) in [5, 5.41) is 10.9. The lowest BCUT2D eigenvalue weighted by Gasteiger charge is -2.12. The van der Waals surface area contributed by atoms with Crippen molar-refractivity contribution < 1.29 is 52.7 Å². The Morgan fingerprint density at radius 1 is 0.390 bits per heavy atom. The molecular formula is C75H194ClN5O11Si8. The van der Waals surface area contributed by atoms with Gasteiger partial charge in [0.05, 0.1) is 5.03 Å². The summed E-state index contributed by atoms with van der Waals surface area (Å²) in [5.41, 5.74) is 3.04. The number of hydrogen-bond acceptors (Lipinski definition) is 11. The maximum Gasteiger partial charge on any atom is 0.406 e. The van der Waals surface area contributed by atoms with Crippen molar-refractivity contribution in [3.63, 3.8) is 0 Å². The van der Waals surface area contributed by atoms with Crippen LogP contribution in [0, 0.1) is 0 Å². The standard InChI is InChI=1S/C9H18N2O2Si.C9H17NO3Si.C6H11ClOSi.2C6H13NOSi.2C6H12OSi.C5H10OSi.22CH4/c1-7(2)8(12)4-5-10-9(13)11-6-14-3;1-7(2)8(11)4-5-13-9(12)10-6-14-3;1-5(7)6(8)3-4-9-2;1-5(2)6(8)7-4-9-3;1-4-6(8)7(2)5-9-3;2*1-5(2)6(7)4-8-3;1-3-5(6)4-7-2;;;;;;;;;;;;;;;;;;;;;;/h1,4-6,14H2,2-3H3,(H2,10,11,13);1,4-6,14H2,2-3H3,(H,10,12);1,3-4,9H2,2H3;1,4,9H2,2-3H3,(H,7,8);4H,1,5,9H2,2-3H3;2*1,4,8H2,2-3H3;3H,1,4,7H2,2H3;22*1H4. The highest BCUT2D eigenvalue weighted by atomic mass is 35.5. The Kier molecular flexibility index (Phi) is 296. The highest BCUT2D eigenvalue weighted by molar-refractivity contribution is 6.43. The molecule has 16 nitrogen and oxygen atoms in total. The summed E-state index contributed by atoms with van der Waals surface area (Å²) in [7, 11) is 1.22. The van der Waals surface area contributed by atoms with E-state index in [1.54, 1.807) is 46.6 Å². The molecule has 0 heterocycles. The van der Waals surface area contributed by atoms with Gasteiger partial charge in [-0.05, 0) is 87.2 Å². The van der Waals surface area contributed by atoms with E-state index in [1.165, 1.54) is 12.2 Å². The second kappa shape index (κ2) is 149. The summed E-state index contributed by atoms with van der Waals surface area (Å²) in [6.45, 7) is 53.9. The third-order valence-electron chi connectivity index (χ3n) is 8.93. The monoisotopic (exact) mass is 1600 g/mol. The minimum atomic E-state index is -0.436. The zero-order chi connectivity index (χ0) is 62.6. The first-order valence-electron chi connectivity index (χ1n) is 26.9. The van der Waals surface area contributed by atoms with E-state index in [1.807, 2.05) is 0 Å². The number of carbonyl (C=O) groups excluding carboxylic acids is 10. The van der Waals surface area contributed by atoms with Crippen LogP contribution >= 0.6 is 11.6 Å². The van der Waals surface area contributed by atoms with E-state index in [2.05, 4.69) is 126 Å². The van der Waals surface area contributed by atoms with Crippen LogP contribution in [0.1, 0.15) is 217 Å². The van der Waals surface area contributed by atoms with E-state index in [0.717, 1.165) is 48.8 Å². The molecule has 0 aromatic carbocycles. The molecule has 0 saturated heterocycles. The minimum absolute atomic E-state index is 0. The number of ketones is 6. The quantitative estimate of drug-likeness (QED) is 0.0377. The van der Waals surface area contributed by atoms with Crippen molar-refractivity contribution in [3.05, 3.63) is 97.7 Å². The van der Waals surface area contributed by atoms with Crippen molar-refractivity contribution in [1.82, 2.24) is 26.2 Å². The van der Waals surface area contributed by atoms with Gasteiger partial charge in [-0.3, -0.25) is 38.4 Å². The molecule has 0 atom stereocenters. The Balaban J connectivity index is -0.0000000196. The average Bonchev–Trinajstić information content (AvgIpc) is 3.39. The summed E-state index contributed by atoms with van der Waals surface area (Å²) in [4.78, 5) is 110. The first-order chi connectivity index (χ1) is 36.4. The number of allylic oxidation sites excluding steroid dienone is 6. The number of amides is 5. The number of Topliss-reactive ketones (excluding diaryl/α,β-unsaturated/α-hetero) is 5. The van der Waals surface area contributed by atoms with Crippen molar-refractivity contribution in [2.75, 3.05) is 44.9 Å². The Labute approximate surface area is 657 Å². The van der Waals surface area contributed by atoms with Gasteiger partial charge in [-0.25, -0.2) is 9.59 Å². The molecule has 0 radical (unpaired) electrons. The van der Waals surface area contributed by atoms with E-state index in [0.29, 0.717) is 47.3 Å². The molecule has 5 amide bonds. The van der Waals surface area contributed by atoms with Crippen molar-refractivity contribution in [2.45, 2.75) is 294 Å². The largest absolute Gasteiger partial charge is 0.449 e. The molecule has 25 heteroatoms. The number of likely N-dealkylation sites (N-methyl/N-ethyl adjacent to an activating group) is 1. The number of nitrogens with one attached hydrogen (secondary N) is 4. The first kappa shape index (κ1) is 199. The third-order valence-corrected chi connectivity index (χ3v) is 16.5. The van der Waals surface area contributed by atoms with Crippen LogP contribution in [0.5, 0.6) is 0 Å². The normalized spacial score (nSPS) is 7.91. The van der Waals surface area contributed by atoms with Crippen LogP contribution in [-0.4, -0.2) is 185 Å². The number of rotatable bonds is 31. The number of hydrogen-bond donors (Lipinski definition) is 4. The molecule has 0 saturated carbocycles. The Bertz CT molecular complexity index is 1790. The van der Waals surface area contributed by atoms with Gasteiger partial charge >= 0.3 is 12.1 Å². The average molecular weight is 1600 g/mol. The third kappa shape index (κ3) is 176. The van der Waals surface area contributed by atoms with Crippen LogP contribution in [0.4, 0.5) is 9.59 Å². The fraction of sp³-hybridized carbons (Fsp3) is 0.653. The van der Waals surface area contributed by atoms with Gasteiger partial charge in [0.15, 0.2) is 34.7 Å². The lowest BCUT2D eigenvalue weighted by molar-refractivity contribution is -0.124. The summed E-state index contributed by atoms with van der Waals surface area (Å²) in [5.74, 6) is 0.657. The minimum Gasteiger partial charge on any atom is -0.449 e. The van der Waals surface area contributed by atoms with Crippen LogP contribution in [0.25, 0.3) is 0 Å². The molecule has 100 heavy (non-hydrogen) atoms. The molecule has 0 aliphatic heterocycles. The molecule has 0 aliphatic rings. The second-order valence-electron chi connectivity index (χ2n) is 17.4. The van der Waals surface area contributed by atoms with Gasteiger partial charge in [-0.15, -0.1) is 0 Å². The number of halogens is 1.